The summed E-state index contributed by atoms with van der Waals surface area (Å²) in [5, 5.41) is 13.7. The van der Waals surface area contributed by atoms with Crippen LogP contribution in [0, 0.1) is 10.1 Å². The molecule has 0 aliphatic heterocycles. The summed E-state index contributed by atoms with van der Waals surface area (Å²) in [5.74, 6) is 0.156. The molecule has 22 heavy (non-hydrogen) atoms. The average Bonchev–Trinajstić information content (AvgIpc) is 2.48. The molecule has 1 N–H and O–H groups in total. The van der Waals surface area contributed by atoms with E-state index in [2.05, 4.69) is 19.2 Å². The summed E-state index contributed by atoms with van der Waals surface area (Å²) in [6.07, 6.45) is -0.0247. The van der Waals surface area contributed by atoms with Gasteiger partial charge in [0.25, 0.3) is 5.69 Å². The lowest BCUT2D eigenvalue weighted by atomic mass is 10.0. The molecule has 2 aromatic carbocycles. The summed E-state index contributed by atoms with van der Waals surface area (Å²) in [5.41, 5.74) is 2.25. The second kappa shape index (κ2) is 6.85. The summed E-state index contributed by atoms with van der Waals surface area (Å²) in [6, 6.07) is 13.9. The van der Waals surface area contributed by atoms with Crippen molar-refractivity contribution in [3.8, 4) is 0 Å². The van der Waals surface area contributed by atoms with Crippen LogP contribution in [-0.2, 0) is 11.2 Å². The Bertz CT molecular complexity index is 679. The van der Waals surface area contributed by atoms with Gasteiger partial charge in [-0.15, -0.1) is 0 Å². The van der Waals surface area contributed by atoms with E-state index in [0.717, 1.165) is 0 Å². The highest BCUT2D eigenvalue weighted by atomic mass is 16.6. The Morgan fingerprint density at radius 3 is 2.36 bits per heavy atom. The molecule has 1 amide bonds. The van der Waals surface area contributed by atoms with Crippen LogP contribution in [0.1, 0.15) is 30.9 Å². The number of nitrogens with one attached hydrogen (secondary N) is 1. The Kier molecular flexibility index (Phi) is 4.88. The summed E-state index contributed by atoms with van der Waals surface area (Å²) >= 11 is 0. The van der Waals surface area contributed by atoms with Crippen LogP contribution < -0.4 is 5.32 Å². The molecule has 114 valence electrons. The van der Waals surface area contributed by atoms with Crippen molar-refractivity contribution < 1.29 is 9.72 Å². The molecule has 0 radical (unpaired) electrons. The normalized spacial score (nSPS) is 10.5. The van der Waals surface area contributed by atoms with Crippen LogP contribution in [0.4, 0.5) is 11.4 Å². The third kappa shape index (κ3) is 3.91. The highest BCUT2D eigenvalue weighted by Gasteiger charge is 2.15. The number of nitro benzene ring substituents is 1. The van der Waals surface area contributed by atoms with Crippen LogP contribution in [0.3, 0.4) is 0 Å². The number of benzene rings is 2. The topological polar surface area (TPSA) is 72.2 Å². The number of para-hydroxylation sites is 1. The summed E-state index contributed by atoms with van der Waals surface area (Å²) in [6.45, 7) is 4.20. The first-order valence-electron chi connectivity index (χ1n) is 7.09. The molecule has 2 rings (SSSR count). The molecule has 0 spiro atoms. The van der Waals surface area contributed by atoms with Crippen molar-refractivity contribution in [1.29, 1.82) is 0 Å². The van der Waals surface area contributed by atoms with Gasteiger partial charge in [0.15, 0.2) is 0 Å². The number of hydrogen-bond donors (Lipinski definition) is 1. The predicted molar refractivity (Wildman–Crippen MR) is 86.0 cm³/mol. The number of nitrogens with zero attached hydrogens (tertiary/aromatic N) is 1. The van der Waals surface area contributed by atoms with E-state index < -0.39 is 4.92 Å². The Morgan fingerprint density at radius 2 is 1.77 bits per heavy atom. The Balaban J connectivity index is 2.06. The van der Waals surface area contributed by atoms with Crippen molar-refractivity contribution in [3.63, 3.8) is 0 Å². The number of carbonyl (C=O) groups is 1. The van der Waals surface area contributed by atoms with Crippen LogP contribution in [-0.4, -0.2) is 10.8 Å². The van der Waals surface area contributed by atoms with Gasteiger partial charge in [0.1, 0.15) is 0 Å². The molecule has 0 bridgehead atoms. The fraction of sp³-hybridized carbons (Fsp3) is 0.235. The van der Waals surface area contributed by atoms with Crippen LogP contribution in [0.2, 0.25) is 0 Å². The molecule has 0 heterocycles. The van der Waals surface area contributed by atoms with Crippen molar-refractivity contribution in [3.05, 3.63) is 69.8 Å². The highest BCUT2D eigenvalue weighted by molar-refractivity contribution is 5.92. The van der Waals surface area contributed by atoms with Gasteiger partial charge in [0.05, 0.1) is 11.3 Å². The zero-order valence-corrected chi connectivity index (χ0v) is 12.6. The largest absolute Gasteiger partial charge is 0.326 e. The number of anilines is 1. The molecular weight excluding hydrogens is 280 g/mol. The molecule has 0 aliphatic rings. The van der Waals surface area contributed by atoms with E-state index in [1.54, 1.807) is 18.2 Å². The van der Waals surface area contributed by atoms with Crippen molar-refractivity contribution in [2.24, 2.45) is 0 Å². The summed E-state index contributed by atoms with van der Waals surface area (Å²) in [7, 11) is 0. The van der Waals surface area contributed by atoms with Crippen LogP contribution in [0.15, 0.2) is 48.5 Å². The minimum atomic E-state index is -0.472. The third-order valence-corrected chi connectivity index (χ3v) is 3.40. The second-order valence-corrected chi connectivity index (χ2v) is 5.39. The molecule has 0 aliphatic carbocycles. The lowest BCUT2D eigenvalue weighted by Gasteiger charge is -2.08. The minimum Gasteiger partial charge on any atom is -0.326 e. The molecule has 5 heteroatoms. The molecule has 0 unspecified atom stereocenters. The lowest BCUT2D eigenvalue weighted by molar-refractivity contribution is -0.385. The zero-order valence-electron chi connectivity index (χ0n) is 12.6. The smallest absolute Gasteiger partial charge is 0.273 e. The standard InChI is InChI=1S/C17H18N2O3/c1-12(2)13-7-9-15(10-8-13)18-17(20)11-14-5-3-4-6-16(14)19(21)22/h3-10,12H,11H2,1-2H3,(H,18,20). The van der Waals surface area contributed by atoms with Crippen molar-refractivity contribution in [2.45, 2.75) is 26.2 Å². The van der Waals surface area contributed by atoms with Crippen molar-refractivity contribution >= 4 is 17.3 Å². The molecule has 0 saturated carbocycles. The average molecular weight is 298 g/mol. The van der Waals surface area contributed by atoms with Gasteiger partial charge in [0.2, 0.25) is 5.91 Å². The first-order valence-corrected chi connectivity index (χ1v) is 7.09. The van der Waals surface area contributed by atoms with Gasteiger partial charge in [-0.25, -0.2) is 0 Å². The van der Waals surface area contributed by atoms with E-state index in [9.17, 15) is 14.9 Å². The molecule has 2 aromatic rings. The van der Waals surface area contributed by atoms with Crippen LogP contribution in [0.5, 0.6) is 0 Å². The van der Waals surface area contributed by atoms with Gasteiger partial charge in [-0.05, 0) is 23.6 Å². The molecule has 0 aromatic heterocycles. The predicted octanol–water partition coefficient (Wildman–Crippen LogP) is 3.90. The molecular formula is C17H18N2O3. The highest BCUT2D eigenvalue weighted by Crippen LogP contribution is 2.20. The minimum absolute atomic E-state index is 0.0247. The number of hydrogen-bond acceptors (Lipinski definition) is 3. The van der Waals surface area contributed by atoms with Crippen LogP contribution in [0.25, 0.3) is 0 Å². The van der Waals surface area contributed by atoms with E-state index in [-0.39, 0.29) is 18.0 Å². The van der Waals surface area contributed by atoms with E-state index in [1.165, 1.54) is 11.6 Å². The molecule has 0 atom stereocenters. The zero-order chi connectivity index (χ0) is 16.1. The van der Waals surface area contributed by atoms with E-state index in [1.807, 2.05) is 24.3 Å². The third-order valence-electron chi connectivity index (χ3n) is 3.40. The van der Waals surface area contributed by atoms with Crippen molar-refractivity contribution in [1.82, 2.24) is 0 Å². The Morgan fingerprint density at radius 1 is 1.14 bits per heavy atom. The number of amides is 1. The maximum atomic E-state index is 12.0. The van der Waals surface area contributed by atoms with Gasteiger partial charge >= 0.3 is 0 Å². The molecule has 5 nitrogen and oxygen atoms in total. The summed E-state index contributed by atoms with van der Waals surface area (Å²) < 4.78 is 0. The van der Waals surface area contributed by atoms with E-state index in [0.29, 0.717) is 17.2 Å². The SMILES string of the molecule is CC(C)c1ccc(NC(=O)Cc2ccccc2[N+](=O)[O-])cc1. The number of rotatable bonds is 5. The first-order chi connectivity index (χ1) is 10.5. The maximum absolute atomic E-state index is 12.0. The van der Waals surface area contributed by atoms with Gasteiger partial charge in [-0.2, -0.15) is 0 Å². The fourth-order valence-corrected chi connectivity index (χ4v) is 2.17. The molecule has 0 saturated heterocycles. The van der Waals surface area contributed by atoms with Gasteiger partial charge < -0.3 is 5.32 Å². The summed E-state index contributed by atoms with van der Waals surface area (Å²) in [4.78, 5) is 22.5. The quantitative estimate of drug-likeness (QED) is 0.672. The van der Waals surface area contributed by atoms with Gasteiger partial charge in [-0.3, -0.25) is 14.9 Å². The van der Waals surface area contributed by atoms with Gasteiger partial charge in [0, 0.05) is 17.3 Å². The number of carbonyl (C=O) groups excluding carboxylic acids is 1. The lowest BCUT2D eigenvalue weighted by Crippen LogP contribution is -2.15. The second-order valence-electron chi connectivity index (χ2n) is 5.39. The fourth-order valence-electron chi connectivity index (χ4n) is 2.17. The monoisotopic (exact) mass is 298 g/mol. The first kappa shape index (κ1) is 15.7. The Hall–Kier alpha value is -2.69. The van der Waals surface area contributed by atoms with E-state index >= 15 is 0 Å². The Labute approximate surface area is 129 Å². The van der Waals surface area contributed by atoms with Crippen molar-refractivity contribution in [2.75, 3.05) is 5.32 Å². The molecule has 0 fully saturated rings. The van der Waals surface area contributed by atoms with Gasteiger partial charge in [-0.1, -0.05) is 44.2 Å². The number of nitro groups is 1. The van der Waals surface area contributed by atoms with E-state index in [4.69, 9.17) is 0 Å². The van der Waals surface area contributed by atoms with Crippen LogP contribution >= 0.6 is 0 Å². The maximum Gasteiger partial charge on any atom is 0.273 e.